The number of esters is 1. The average molecular weight is 616 g/mol. The van der Waals surface area contributed by atoms with Crippen LogP contribution in [-0.2, 0) is 25.5 Å². The van der Waals surface area contributed by atoms with Gasteiger partial charge in [-0.25, -0.2) is 4.79 Å². The number of hydrogen-bond donors (Lipinski definition) is 1. The van der Waals surface area contributed by atoms with Crippen molar-refractivity contribution in [2.45, 2.75) is 38.8 Å². The normalized spacial score (nSPS) is 14.4. The minimum atomic E-state index is -1.03. The van der Waals surface area contributed by atoms with E-state index in [4.69, 9.17) is 16.3 Å². The zero-order valence-electron chi connectivity index (χ0n) is 24.3. The van der Waals surface area contributed by atoms with Crippen LogP contribution >= 0.6 is 11.6 Å². The van der Waals surface area contributed by atoms with Crippen LogP contribution in [0.4, 0.5) is 11.4 Å². The highest BCUT2D eigenvalue weighted by molar-refractivity contribution is 6.31. The Labute approximate surface area is 258 Å². The monoisotopic (exact) mass is 615 g/mol. The Morgan fingerprint density at radius 1 is 0.955 bits per heavy atom. The van der Waals surface area contributed by atoms with Crippen molar-refractivity contribution in [2.24, 2.45) is 0 Å². The number of hydrogen-bond acceptors (Lipinski definition) is 8. The molecule has 44 heavy (non-hydrogen) atoms. The fourth-order valence-corrected chi connectivity index (χ4v) is 4.95. The first-order valence-electron chi connectivity index (χ1n) is 13.8. The minimum Gasteiger partial charge on any atom is -0.456 e. The summed E-state index contributed by atoms with van der Waals surface area (Å²) in [7, 11) is 0. The van der Waals surface area contributed by atoms with Crippen molar-refractivity contribution in [1.29, 1.82) is 0 Å². The number of tetrazole rings is 1. The summed E-state index contributed by atoms with van der Waals surface area (Å²) < 4.78 is 6.82. The molecule has 0 saturated carbocycles. The second-order valence-electron chi connectivity index (χ2n) is 11.2. The maximum atomic E-state index is 13.8. The van der Waals surface area contributed by atoms with Gasteiger partial charge >= 0.3 is 5.97 Å². The Morgan fingerprint density at radius 3 is 2.43 bits per heavy atom. The predicted molar refractivity (Wildman–Crippen MR) is 162 cm³/mol. The number of halogens is 1. The number of amides is 3. The van der Waals surface area contributed by atoms with Crippen molar-refractivity contribution in [1.82, 2.24) is 25.1 Å². The van der Waals surface area contributed by atoms with Crippen molar-refractivity contribution < 1.29 is 23.9 Å². The van der Waals surface area contributed by atoms with Crippen LogP contribution in [0.5, 0.6) is 0 Å². The summed E-state index contributed by atoms with van der Waals surface area (Å²) in [6.07, 6.45) is 1.53. The molecule has 4 aromatic rings. The van der Waals surface area contributed by atoms with Crippen molar-refractivity contribution in [3.05, 3.63) is 95.3 Å². The molecule has 0 aliphatic carbocycles. The first-order valence-corrected chi connectivity index (χ1v) is 14.2. The van der Waals surface area contributed by atoms with Gasteiger partial charge in [-0.15, -0.1) is 5.10 Å². The van der Waals surface area contributed by atoms with E-state index >= 15 is 0 Å². The number of aromatic nitrogens is 4. The third-order valence-corrected chi connectivity index (χ3v) is 7.00. The molecule has 0 spiro atoms. The Kier molecular flexibility index (Phi) is 8.72. The van der Waals surface area contributed by atoms with E-state index in [2.05, 4.69) is 20.8 Å². The molecule has 13 heteroatoms. The summed E-state index contributed by atoms with van der Waals surface area (Å²) in [5.41, 5.74) is 1.53. The summed E-state index contributed by atoms with van der Waals surface area (Å²) in [4.78, 5) is 56.3. The minimum absolute atomic E-state index is 0.157. The van der Waals surface area contributed by atoms with Crippen LogP contribution in [0.15, 0.2) is 79.1 Å². The number of nitrogens with zero attached hydrogens (tertiary/aromatic N) is 6. The second-order valence-corrected chi connectivity index (χ2v) is 11.6. The largest absolute Gasteiger partial charge is 0.456 e. The van der Waals surface area contributed by atoms with Crippen LogP contribution in [-0.4, -0.2) is 73.5 Å². The summed E-state index contributed by atoms with van der Waals surface area (Å²) in [6, 6.07) is 19.4. The molecule has 1 fully saturated rings. The van der Waals surface area contributed by atoms with E-state index in [0.717, 1.165) is 5.56 Å². The SMILES string of the molecule is CC(C)(C)OC(=O)c1cccc(NC(=O)C(Cc2ccccc2)N2CC(=O)N(c3cc(Cl)ccc3-n3cnnn3)CC2=O)c1. The summed E-state index contributed by atoms with van der Waals surface area (Å²) in [5, 5.41) is 14.4. The van der Waals surface area contributed by atoms with E-state index < -0.39 is 35.3 Å². The first kappa shape index (κ1) is 30.4. The van der Waals surface area contributed by atoms with Gasteiger partial charge in [0.05, 0.1) is 16.9 Å². The third-order valence-electron chi connectivity index (χ3n) is 6.76. The standard InChI is InChI=1S/C31H30ClN7O5/c1-31(2,3)44-30(43)21-10-7-11-23(15-21)34-29(42)26(14-20-8-5-4-6-9-20)38-18-27(40)37(17-28(38)41)25-16-22(32)12-13-24(25)39-19-33-35-36-39/h4-13,15-16,19,26H,14,17-18H2,1-3H3,(H,34,42). The smallest absolute Gasteiger partial charge is 0.338 e. The molecule has 1 unspecified atom stereocenters. The summed E-state index contributed by atoms with van der Waals surface area (Å²) in [5.74, 6) is -1.90. The molecule has 3 amide bonds. The summed E-state index contributed by atoms with van der Waals surface area (Å²) in [6.45, 7) is 4.61. The van der Waals surface area contributed by atoms with E-state index in [1.54, 1.807) is 57.2 Å². The fraction of sp³-hybridized carbons (Fsp3) is 0.258. The lowest BCUT2D eigenvalue weighted by atomic mass is 10.0. The molecule has 226 valence electrons. The van der Waals surface area contributed by atoms with Crippen LogP contribution < -0.4 is 10.2 Å². The molecular weight excluding hydrogens is 586 g/mol. The Morgan fingerprint density at radius 2 is 1.73 bits per heavy atom. The van der Waals surface area contributed by atoms with Crippen LogP contribution in [0.25, 0.3) is 5.69 Å². The molecular formula is C31H30ClN7O5. The molecule has 1 aromatic heterocycles. The molecule has 12 nitrogen and oxygen atoms in total. The maximum absolute atomic E-state index is 13.8. The summed E-state index contributed by atoms with van der Waals surface area (Å²) >= 11 is 6.26. The van der Waals surface area contributed by atoms with Crippen molar-refractivity contribution >= 4 is 46.7 Å². The van der Waals surface area contributed by atoms with Gasteiger partial charge in [0.1, 0.15) is 31.1 Å². The average Bonchev–Trinajstić information content (AvgIpc) is 3.52. The van der Waals surface area contributed by atoms with Gasteiger partial charge in [0.15, 0.2) is 0 Å². The molecule has 1 atom stereocenters. The number of rotatable bonds is 8. The van der Waals surface area contributed by atoms with Gasteiger partial charge < -0.3 is 15.0 Å². The Balaban J connectivity index is 1.41. The highest BCUT2D eigenvalue weighted by Crippen LogP contribution is 2.30. The molecule has 2 heterocycles. The molecule has 1 N–H and O–H groups in total. The topological polar surface area (TPSA) is 140 Å². The van der Waals surface area contributed by atoms with Gasteiger partial charge in [0.25, 0.3) is 0 Å². The first-order chi connectivity index (χ1) is 21.0. The van der Waals surface area contributed by atoms with Gasteiger partial charge in [-0.3, -0.25) is 19.3 Å². The molecule has 1 aliphatic heterocycles. The zero-order chi connectivity index (χ0) is 31.4. The fourth-order valence-electron chi connectivity index (χ4n) is 4.78. The Hall–Kier alpha value is -5.10. The molecule has 5 rings (SSSR count). The van der Waals surface area contributed by atoms with Crippen LogP contribution in [0.1, 0.15) is 36.7 Å². The van der Waals surface area contributed by atoms with Gasteiger partial charge in [-0.1, -0.05) is 48.0 Å². The van der Waals surface area contributed by atoms with Gasteiger partial charge in [0, 0.05) is 17.1 Å². The number of carbonyl (C=O) groups is 4. The predicted octanol–water partition coefficient (Wildman–Crippen LogP) is 3.70. The zero-order valence-corrected chi connectivity index (χ0v) is 25.1. The molecule has 0 radical (unpaired) electrons. The lowest BCUT2D eigenvalue weighted by molar-refractivity contribution is -0.143. The lowest BCUT2D eigenvalue weighted by Gasteiger charge is -2.38. The number of benzene rings is 3. The van der Waals surface area contributed by atoms with Crippen molar-refractivity contribution in [3.8, 4) is 5.69 Å². The number of anilines is 2. The van der Waals surface area contributed by atoms with Crippen molar-refractivity contribution in [2.75, 3.05) is 23.3 Å². The quantitative estimate of drug-likeness (QED) is 0.296. The lowest BCUT2D eigenvalue weighted by Crippen LogP contribution is -2.60. The van der Waals surface area contributed by atoms with E-state index in [-0.39, 0.29) is 25.1 Å². The molecule has 1 saturated heterocycles. The van der Waals surface area contributed by atoms with E-state index in [9.17, 15) is 19.2 Å². The van der Waals surface area contributed by atoms with Crippen LogP contribution in [0, 0.1) is 0 Å². The highest BCUT2D eigenvalue weighted by Gasteiger charge is 2.39. The number of carbonyl (C=O) groups excluding carboxylic acids is 4. The van der Waals surface area contributed by atoms with Gasteiger partial charge in [-0.2, -0.15) is 4.68 Å². The highest BCUT2D eigenvalue weighted by atomic mass is 35.5. The second kappa shape index (κ2) is 12.6. The molecule has 1 aliphatic rings. The number of piperazine rings is 1. The maximum Gasteiger partial charge on any atom is 0.338 e. The van der Waals surface area contributed by atoms with E-state index in [1.165, 1.54) is 26.9 Å². The van der Waals surface area contributed by atoms with Crippen molar-refractivity contribution in [3.63, 3.8) is 0 Å². The molecule has 0 bridgehead atoms. The third kappa shape index (κ3) is 7.09. The Bertz CT molecular complexity index is 1690. The van der Waals surface area contributed by atoms with E-state index in [0.29, 0.717) is 22.1 Å². The van der Waals surface area contributed by atoms with Gasteiger partial charge in [-0.05, 0) is 73.2 Å². The van der Waals surface area contributed by atoms with Crippen LogP contribution in [0.2, 0.25) is 5.02 Å². The van der Waals surface area contributed by atoms with E-state index in [1.807, 2.05) is 30.3 Å². The molecule has 3 aromatic carbocycles. The number of nitrogens with one attached hydrogen (secondary N) is 1. The number of ether oxygens (including phenoxy) is 1. The van der Waals surface area contributed by atoms with Gasteiger partial charge in [0.2, 0.25) is 17.7 Å². The van der Waals surface area contributed by atoms with Crippen LogP contribution in [0.3, 0.4) is 0 Å².